The first-order valence-corrected chi connectivity index (χ1v) is 9.25. The average Bonchev–Trinajstić information content (AvgIpc) is 3.17. The van der Waals surface area contributed by atoms with Crippen LogP contribution in [0.1, 0.15) is 49.3 Å². The molecule has 0 radical (unpaired) electrons. The van der Waals surface area contributed by atoms with Crippen molar-refractivity contribution in [2.45, 2.75) is 50.7 Å². The van der Waals surface area contributed by atoms with Crippen LogP contribution in [0, 0.1) is 0 Å². The van der Waals surface area contributed by atoms with E-state index in [1.54, 1.807) is 6.20 Å². The Bertz CT molecular complexity index is 726. The fraction of sp³-hybridized carbons (Fsp3) is 0.429. The zero-order valence-electron chi connectivity index (χ0n) is 14.4. The normalized spacial score (nSPS) is 20.2. The number of hydrogen-bond donors (Lipinski definition) is 0. The third-order valence-electron chi connectivity index (χ3n) is 5.31. The Labute approximate surface area is 148 Å². The Kier molecular flexibility index (Phi) is 4.79. The third kappa shape index (κ3) is 3.45. The second kappa shape index (κ2) is 7.36. The molecule has 130 valence electrons. The molecule has 1 aliphatic heterocycles. The summed E-state index contributed by atoms with van der Waals surface area (Å²) in [7, 11) is 0. The molecule has 0 unspecified atom stereocenters. The zero-order valence-corrected chi connectivity index (χ0v) is 14.4. The van der Waals surface area contributed by atoms with Gasteiger partial charge < -0.3 is 4.74 Å². The number of anilines is 1. The highest BCUT2D eigenvalue weighted by Gasteiger charge is 2.32. The van der Waals surface area contributed by atoms with Crippen LogP contribution in [-0.4, -0.2) is 23.5 Å². The van der Waals surface area contributed by atoms with E-state index < -0.39 is 0 Å². The largest absolute Gasteiger partial charge is 0.373 e. The maximum Gasteiger partial charge on any atom is 0.231 e. The molecule has 0 N–H and O–H groups in total. The topological polar surface area (TPSA) is 42.4 Å². The van der Waals surface area contributed by atoms with E-state index in [9.17, 15) is 4.79 Å². The van der Waals surface area contributed by atoms with Crippen LogP contribution in [0.25, 0.3) is 0 Å². The van der Waals surface area contributed by atoms with Crippen LogP contribution in [-0.2, 0) is 16.0 Å². The highest BCUT2D eigenvalue weighted by atomic mass is 16.5. The third-order valence-corrected chi connectivity index (χ3v) is 5.31. The number of carbonyl (C=O) groups is 1. The number of benzene rings is 1. The van der Waals surface area contributed by atoms with Crippen LogP contribution in [0.3, 0.4) is 0 Å². The lowest BCUT2D eigenvalue weighted by atomic mass is 9.95. The lowest BCUT2D eigenvalue weighted by Crippen LogP contribution is -2.40. The molecule has 4 heteroatoms. The lowest BCUT2D eigenvalue weighted by Gasteiger charge is -2.31. The number of amides is 1. The van der Waals surface area contributed by atoms with Gasteiger partial charge in [-0.1, -0.05) is 43.2 Å². The van der Waals surface area contributed by atoms with Gasteiger partial charge in [-0.3, -0.25) is 9.69 Å². The van der Waals surface area contributed by atoms with Crippen molar-refractivity contribution in [2.75, 3.05) is 11.5 Å². The summed E-state index contributed by atoms with van der Waals surface area (Å²) in [5.41, 5.74) is 2.46. The highest BCUT2D eigenvalue weighted by Crippen LogP contribution is 2.33. The molecule has 4 nitrogen and oxygen atoms in total. The predicted molar refractivity (Wildman–Crippen MR) is 97.4 cm³/mol. The van der Waals surface area contributed by atoms with Gasteiger partial charge in [0.1, 0.15) is 5.82 Å². The number of nitrogens with zero attached hydrogens (tertiary/aromatic N) is 2. The number of ether oxygens (including phenoxy) is 1. The Morgan fingerprint density at radius 3 is 2.72 bits per heavy atom. The van der Waals surface area contributed by atoms with Gasteiger partial charge >= 0.3 is 0 Å². The Balaban J connectivity index is 1.57. The molecule has 2 heterocycles. The van der Waals surface area contributed by atoms with Gasteiger partial charge in [-0.25, -0.2) is 4.98 Å². The molecule has 2 aliphatic rings. The zero-order chi connectivity index (χ0) is 17.1. The number of pyridine rings is 1. The molecule has 25 heavy (non-hydrogen) atoms. The van der Waals surface area contributed by atoms with Crippen molar-refractivity contribution in [3.8, 4) is 0 Å². The van der Waals surface area contributed by atoms with E-state index in [0.717, 1.165) is 30.6 Å². The molecule has 1 atom stereocenters. The molecule has 1 aromatic carbocycles. The van der Waals surface area contributed by atoms with Crippen LogP contribution in [0.2, 0.25) is 0 Å². The first kappa shape index (κ1) is 16.3. The summed E-state index contributed by atoms with van der Waals surface area (Å²) >= 11 is 0. The summed E-state index contributed by atoms with van der Waals surface area (Å²) in [4.78, 5) is 19.6. The van der Waals surface area contributed by atoms with E-state index in [4.69, 9.17) is 4.74 Å². The number of hydrogen-bond acceptors (Lipinski definition) is 3. The van der Waals surface area contributed by atoms with Crippen molar-refractivity contribution in [3.63, 3.8) is 0 Å². The minimum atomic E-state index is -0.148. The van der Waals surface area contributed by atoms with E-state index in [-0.39, 0.29) is 18.1 Å². The van der Waals surface area contributed by atoms with Crippen molar-refractivity contribution in [3.05, 3.63) is 59.8 Å². The summed E-state index contributed by atoms with van der Waals surface area (Å²) in [6.07, 6.45) is 7.40. The molecular weight excluding hydrogens is 312 g/mol. The van der Waals surface area contributed by atoms with E-state index in [1.807, 2.05) is 29.2 Å². The maximum atomic E-state index is 13.2. The SMILES string of the molecule is O=C(C[C@@H]1OCCc2ccccc21)N(c1ccccn1)C1CCCC1. The highest BCUT2D eigenvalue weighted by molar-refractivity contribution is 5.93. The fourth-order valence-corrected chi connectivity index (χ4v) is 4.08. The number of fused-ring (bicyclic) bond motifs is 1. The first-order valence-electron chi connectivity index (χ1n) is 9.25. The first-order chi connectivity index (χ1) is 12.3. The molecule has 1 saturated carbocycles. The van der Waals surface area contributed by atoms with Crippen LogP contribution in [0.15, 0.2) is 48.7 Å². The van der Waals surface area contributed by atoms with Gasteiger partial charge in [0.15, 0.2) is 0 Å². The minimum Gasteiger partial charge on any atom is -0.373 e. The Hall–Kier alpha value is -2.20. The van der Waals surface area contributed by atoms with Crippen LogP contribution in [0.4, 0.5) is 5.82 Å². The summed E-state index contributed by atoms with van der Waals surface area (Å²) in [5.74, 6) is 0.885. The predicted octanol–water partition coefficient (Wildman–Crippen LogP) is 4.06. The van der Waals surface area contributed by atoms with Gasteiger partial charge in [0.05, 0.1) is 19.1 Å². The van der Waals surface area contributed by atoms with Gasteiger partial charge in [-0.15, -0.1) is 0 Å². The maximum absolute atomic E-state index is 13.2. The number of carbonyl (C=O) groups excluding carboxylic acids is 1. The standard InChI is InChI=1S/C21H24N2O2/c24-21(15-19-18-10-4-1-7-16(18)12-14-25-19)23(17-8-2-3-9-17)20-11-5-6-13-22-20/h1,4-7,10-11,13,17,19H,2-3,8-9,12,14-15H2/t19-/m0/s1. The van der Waals surface area contributed by atoms with E-state index in [1.165, 1.54) is 18.4 Å². The monoisotopic (exact) mass is 336 g/mol. The molecule has 2 aromatic rings. The summed E-state index contributed by atoms with van der Waals surface area (Å²) in [6, 6.07) is 14.4. The van der Waals surface area contributed by atoms with Gasteiger partial charge in [0, 0.05) is 12.2 Å². The summed E-state index contributed by atoms with van der Waals surface area (Å²) < 4.78 is 5.96. The van der Waals surface area contributed by atoms with Gasteiger partial charge in [0.2, 0.25) is 5.91 Å². The number of rotatable bonds is 4. The minimum absolute atomic E-state index is 0.118. The molecule has 1 amide bonds. The van der Waals surface area contributed by atoms with E-state index in [0.29, 0.717) is 13.0 Å². The second-order valence-electron chi connectivity index (χ2n) is 6.90. The van der Waals surface area contributed by atoms with Crippen LogP contribution < -0.4 is 4.90 Å². The quantitative estimate of drug-likeness (QED) is 0.845. The van der Waals surface area contributed by atoms with Crippen LogP contribution >= 0.6 is 0 Å². The summed E-state index contributed by atoms with van der Waals surface area (Å²) in [6.45, 7) is 0.683. The molecular formula is C21H24N2O2. The fourth-order valence-electron chi connectivity index (χ4n) is 4.08. The van der Waals surface area contributed by atoms with Gasteiger partial charge in [-0.2, -0.15) is 0 Å². The lowest BCUT2D eigenvalue weighted by molar-refractivity contribution is -0.122. The van der Waals surface area contributed by atoms with Crippen molar-refractivity contribution < 1.29 is 9.53 Å². The smallest absolute Gasteiger partial charge is 0.231 e. The molecule has 0 bridgehead atoms. The average molecular weight is 336 g/mol. The van der Waals surface area contributed by atoms with E-state index >= 15 is 0 Å². The van der Waals surface area contributed by atoms with Crippen molar-refractivity contribution >= 4 is 11.7 Å². The molecule has 1 fully saturated rings. The summed E-state index contributed by atoms with van der Waals surface area (Å²) in [5, 5.41) is 0. The molecule has 0 saturated heterocycles. The van der Waals surface area contributed by atoms with Crippen molar-refractivity contribution in [2.24, 2.45) is 0 Å². The molecule has 1 aromatic heterocycles. The van der Waals surface area contributed by atoms with Crippen molar-refractivity contribution in [1.29, 1.82) is 0 Å². The Morgan fingerprint density at radius 1 is 1.12 bits per heavy atom. The van der Waals surface area contributed by atoms with Gasteiger partial charge in [0.25, 0.3) is 0 Å². The molecule has 0 spiro atoms. The number of aromatic nitrogens is 1. The van der Waals surface area contributed by atoms with Crippen LogP contribution in [0.5, 0.6) is 0 Å². The van der Waals surface area contributed by atoms with Gasteiger partial charge in [-0.05, 0) is 42.5 Å². The van der Waals surface area contributed by atoms with Crippen molar-refractivity contribution in [1.82, 2.24) is 4.98 Å². The van der Waals surface area contributed by atoms with E-state index in [2.05, 4.69) is 23.2 Å². The molecule has 1 aliphatic carbocycles. The molecule has 4 rings (SSSR count). The second-order valence-corrected chi connectivity index (χ2v) is 6.90. The Morgan fingerprint density at radius 2 is 1.92 bits per heavy atom.